The predicted molar refractivity (Wildman–Crippen MR) is 373 cm³/mol. The molecule has 17 N–H and O–H groups in total. The zero-order valence-electron chi connectivity index (χ0n) is 55.3. The number of carbonyl (C=O) groups excluding carboxylic acids is 5. The van der Waals surface area contributed by atoms with Crippen LogP contribution in [0.3, 0.4) is 0 Å². The molecule has 6 amide bonds. The number of aliphatic carboxylic acids is 3. The molecule has 0 aromatic heterocycles. The van der Waals surface area contributed by atoms with E-state index in [0.29, 0.717) is 43.5 Å². The van der Waals surface area contributed by atoms with Crippen molar-refractivity contribution in [2.45, 2.75) is 70.0 Å². The van der Waals surface area contributed by atoms with Gasteiger partial charge < -0.3 is 74.4 Å². The van der Waals surface area contributed by atoms with Crippen LogP contribution in [-0.4, -0.2) is 229 Å². The van der Waals surface area contributed by atoms with Gasteiger partial charge in [-0.05, 0) is 96.7 Å². The topological polar surface area (TPSA) is 427 Å². The van der Waals surface area contributed by atoms with Crippen LogP contribution >= 0.6 is 0 Å². The number of hydrogen-bond donors (Lipinski definition) is 15. The van der Waals surface area contributed by atoms with Gasteiger partial charge in [0.1, 0.15) is 23.5 Å². The molecular formula is C69H93N17O12. The lowest BCUT2D eigenvalue weighted by atomic mass is 9.90. The summed E-state index contributed by atoms with van der Waals surface area (Å²) < 4.78 is 0. The van der Waals surface area contributed by atoms with Crippen molar-refractivity contribution in [2.75, 3.05) is 117 Å². The molecule has 1 heterocycles. The lowest BCUT2D eigenvalue weighted by Crippen LogP contribution is -2.50. The van der Waals surface area contributed by atoms with Crippen LogP contribution in [0, 0.1) is 5.41 Å². The molecule has 6 rings (SSSR count). The van der Waals surface area contributed by atoms with Crippen LogP contribution < -0.4 is 54.0 Å². The fourth-order valence-corrected chi connectivity index (χ4v) is 10.7. The minimum atomic E-state index is -1.07. The smallest absolute Gasteiger partial charge is 0.344 e. The highest BCUT2D eigenvalue weighted by Gasteiger charge is 2.29. The number of aliphatic imine (C=N–C) groups is 2. The Hall–Kier alpha value is -10.5. The van der Waals surface area contributed by atoms with E-state index in [9.17, 15) is 58.8 Å². The van der Waals surface area contributed by atoms with Gasteiger partial charge in [-0.1, -0.05) is 109 Å². The first kappa shape index (κ1) is 76.5. The van der Waals surface area contributed by atoms with E-state index in [0.717, 1.165) is 27.9 Å². The van der Waals surface area contributed by atoms with Crippen molar-refractivity contribution in [1.29, 1.82) is 5.41 Å². The Bertz CT molecular complexity index is 3410. The number of carboxylic acids is 3. The minimum absolute atomic E-state index is 0.0516. The van der Waals surface area contributed by atoms with Gasteiger partial charge in [0, 0.05) is 104 Å². The number of nitrogens with two attached hydrogens (primary N) is 2. The van der Waals surface area contributed by atoms with Gasteiger partial charge in [-0.15, -0.1) is 0 Å². The number of nitrogens with zero attached hydrogens (tertiary/aromatic N) is 6. The summed E-state index contributed by atoms with van der Waals surface area (Å²) in [7, 11) is 0. The number of hydrogen-bond acceptors (Lipinski definition) is 16. The third-order valence-corrected chi connectivity index (χ3v) is 16.0. The van der Waals surface area contributed by atoms with Gasteiger partial charge in [0.15, 0.2) is 11.9 Å². The van der Waals surface area contributed by atoms with Crippen LogP contribution in [0.25, 0.3) is 11.1 Å². The number of phenols is 1. The molecule has 0 radical (unpaired) electrons. The minimum Gasteiger partial charge on any atom is -0.508 e. The van der Waals surface area contributed by atoms with Crippen LogP contribution in [-0.2, 0) is 46.5 Å². The molecule has 29 heteroatoms. The van der Waals surface area contributed by atoms with Gasteiger partial charge >= 0.3 is 23.9 Å². The summed E-state index contributed by atoms with van der Waals surface area (Å²) in [6, 6.07) is 37.6. The quantitative estimate of drug-likeness (QED) is 0.0157. The summed E-state index contributed by atoms with van der Waals surface area (Å²) in [5.41, 5.74) is 17.0. The lowest BCUT2D eigenvalue weighted by Gasteiger charge is -2.32. The highest BCUT2D eigenvalue weighted by atomic mass is 16.4. The van der Waals surface area contributed by atoms with Crippen LogP contribution in [0.1, 0.15) is 67.2 Å². The highest BCUT2D eigenvalue weighted by molar-refractivity contribution is 6.39. The van der Waals surface area contributed by atoms with Crippen LogP contribution in [0.15, 0.2) is 143 Å². The molecule has 5 aromatic rings. The molecule has 29 nitrogen and oxygen atoms in total. The Kier molecular flexibility index (Phi) is 32.4. The summed E-state index contributed by atoms with van der Waals surface area (Å²) in [5, 5.41) is 70.0. The number of carbonyl (C=O) groups is 8. The zero-order valence-corrected chi connectivity index (χ0v) is 55.3. The second-order valence-corrected chi connectivity index (χ2v) is 23.5. The molecular weight excluding hydrogens is 1260 g/mol. The van der Waals surface area contributed by atoms with Gasteiger partial charge in [0.25, 0.3) is 5.91 Å². The third-order valence-electron chi connectivity index (χ3n) is 16.0. The van der Waals surface area contributed by atoms with Gasteiger partial charge in [-0.2, -0.15) is 4.99 Å². The van der Waals surface area contributed by atoms with Crippen molar-refractivity contribution in [2.24, 2.45) is 21.5 Å². The Morgan fingerprint density at radius 2 is 1.01 bits per heavy atom. The summed E-state index contributed by atoms with van der Waals surface area (Å²) in [6.45, 7) is 4.20. The van der Waals surface area contributed by atoms with E-state index in [1.807, 2.05) is 114 Å². The first-order valence-electron chi connectivity index (χ1n) is 32.7. The molecule has 5 aromatic carbocycles. The Labute approximate surface area is 570 Å². The average molecular weight is 1350 g/mol. The lowest BCUT2D eigenvalue weighted by molar-refractivity contribution is -0.140. The molecule has 526 valence electrons. The van der Waals surface area contributed by atoms with Gasteiger partial charge in [0.05, 0.1) is 32.2 Å². The van der Waals surface area contributed by atoms with Gasteiger partial charge in [-0.3, -0.25) is 63.6 Å². The fraction of sp³-hybridized carbons (Fsp3) is 0.406. The fourth-order valence-electron chi connectivity index (χ4n) is 10.7. The molecule has 3 atom stereocenters. The highest BCUT2D eigenvalue weighted by Crippen LogP contribution is 2.27. The number of carboxylic acid groups (broad SMARTS) is 3. The number of nitrogens with one attached hydrogen (secondary N) is 9. The van der Waals surface area contributed by atoms with E-state index in [2.05, 4.69) is 47.5 Å². The van der Waals surface area contributed by atoms with Crippen molar-refractivity contribution in [3.63, 3.8) is 0 Å². The normalized spacial score (nSPS) is 14.7. The molecule has 0 spiro atoms. The van der Waals surface area contributed by atoms with Gasteiger partial charge in [0.2, 0.25) is 17.7 Å². The Morgan fingerprint density at radius 1 is 0.520 bits per heavy atom. The van der Waals surface area contributed by atoms with Crippen molar-refractivity contribution < 1.29 is 58.8 Å². The summed E-state index contributed by atoms with van der Waals surface area (Å²) >= 11 is 0. The van der Waals surface area contributed by atoms with Gasteiger partial charge in [-0.25, -0.2) is 4.79 Å². The van der Waals surface area contributed by atoms with E-state index in [4.69, 9.17) is 21.9 Å². The molecule has 1 aliphatic heterocycles. The SMILES string of the molecule is CCNC(=O)/N=C(/N)NCCC[C@@H](NC(=O)[C@H](c1ccccc1)c1ccc(NCCCNC(=O)[C@@H](CCCNC(=N)N)NC(=O)/C(Cc2ccc(-c3ccccc3)cc2)=N/CN2CCN(CC(=O)O)CCN(CC(=O)O)CCN(CC(=O)O)CC2)cc1)C(=O)NCc1ccc(O)cc1. The molecule has 98 heavy (non-hydrogen) atoms. The Balaban J connectivity index is 1.14. The van der Waals surface area contributed by atoms with Crippen molar-refractivity contribution >= 4 is 70.9 Å². The maximum absolute atomic E-state index is 14.7. The van der Waals surface area contributed by atoms with Crippen LogP contribution in [0.5, 0.6) is 5.75 Å². The summed E-state index contributed by atoms with van der Waals surface area (Å²) in [5.74, 6) is -6.27. The zero-order chi connectivity index (χ0) is 70.6. The number of benzene rings is 5. The summed E-state index contributed by atoms with van der Waals surface area (Å²) in [4.78, 5) is 121. The molecule has 1 saturated heterocycles. The molecule has 0 saturated carbocycles. The van der Waals surface area contributed by atoms with Crippen molar-refractivity contribution in [3.05, 3.63) is 156 Å². The van der Waals surface area contributed by atoms with E-state index < -0.39 is 65.6 Å². The number of guanidine groups is 2. The molecule has 0 bridgehead atoms. The molecule has 1 fully saturated rings. The number of amides is 6. The van der Waals surface area contributed by atoms with E-state index in [1.165, 1.54) is 12.1 Å². The second kappa shape index (κ2) is 41.5. The van der Waals surface area contributed by atoms with E-state index >= 15 is 0 Å². The maximum atomic E-state index is 14.7. The van der Waals surface area contributed by atoms with E-state index in [1.54, 1.807) is 33.8 Å². The average Bonchev–Trinajstić information content (AvgIpc) is 0.837. The van der Waals surface area contributed by atoms with Crippen LogP contribution in [0.2, 0.25) is 0 Å². The first-order valence-corrected chi connectivity index (χ1v) is 32.7. The maximum Gasteiger partial charge on any atom is 0.344 e. The molecule has 1 aliphatic rings. The first-order chi connectivity index (χ1) is 47.2. The number of urea groups is 1. The molecule has 0 aliphatic carbocycles. The second-order valence-electron chi connectivity index (χ2n) is 23.5. The predicted octanol–water partition coefficient (Wildman–Crippen LogP) is 2.19. The summed E-state index contributed by atoms with van der Waals surface area (Å²) in [6.07, 6.45) is 1.53. The number of rotatable bonds is 35. The van der Waals surface area contributed by atoms with Crippen molar-refractivity contribution in [3.8, 4) is 16.9 Å². The standard InChI is InChI=1S/C69H93N17O12/c1-2-73-69(98)82-68(72)77-31-10-17-57(64(95)78-43-49-20-28-55(87)29-21-49)81-66(97)62(52-14-7-4-8-15-52)53-24-26-54(27-25-53)74-32-11-33-75-63(94)56(16-9-30-76-67(70)71)80-65(96)58(42-48-18-22-51(23-19-48)50-12-5-3-6-13-50)79-47-86-40-38-84(45-60(90)91)36-34-83(44-59(88)89)35-37-85(39-41-86)46-61(92)93/h3-8,12-15,18-29,56-57,62,74,87H,2,9-11,16-17,30-47H2,1H3,(H,75,94)(H,78,95)(H,80,96)(H,81,97)(H,88,89)(H,90,91)(H,92,93)(H4,70,71,76)(H4,72,73,77,82,98)/b79-58+/t56-,57-,62-/m1/s1. The Morgan fingerprint density at radius 3 is 1.56 bits per heavy atom. The number of anilines is 1. The number of aromatic hydroxyl groups is 1. The van der Waals surface area contributed by atoms with E-state index in [-0.39, 0.29) is 147 Å². The largest absolute Gasteiger partial charge is 0.508 e. The van der Waals surface area contributed by atoms with Crippen LogP contribution in [0.4, 0.5) is 10.5 Å². The monoisotopic (exact) mass is 1350 g/mol. The number of phenolic OH excluding ortho intramolecular Hbond substituents is 1. The molecule has 0 unspecified atom stereocenters. The third kappa shape index (κ3) is 28.5. The van der Waals surface area contributed by atoms with Crippen molar-refractivity contribution in [1.82, 2.24) is 56.8 Å².